The molecule has 1 fully saturated rings. The van der Waals surface area contributed by atoms with E-state index in [9.17, 15) is 9.59 Å². The Balaban J connectivity index is 1.86. The summed E-state index contributed by atoms with van der Waals surface area (Å²) in [5.74, 6) is -2.02. The molecule has 0 radical (unpaired) electrons. The molecular weight excluding hydrogens is 488 g/mol. The lowest BCUT2D eigenvalue weighted by Crippen LogP contribution is -2.52. The second-order valence-corrected chi connectivity index (χ2v) is 12.2. The number of rotatable bonds is 7. The minimum absolute atomic E-state index is 0.136. The second-order valence-electron chi connectivity index (χ2n) is 12.2. The Morgan fingerprint density at radius 2 is 1.47 bits per heavy atom. The average molecular weight is 529 g/mol. The van der Waals surface area contributed by atoms with E-state index in [1.807, 2.05) is 30.3 Å². The topological polar surface area (TPSA) is 89.5 Å². The molecule has 38 heavy (non-hydrogen) atoms. The van der Waals surface area contributed by atoms with Crippen LogP contribution in [0.2, 0.25) is 0 Å². The van der Waals surface area contributed by atoms with Crippen LogP contribution in [0.3, 0.4) is 0 Å². The summed E-state index contributed by atoms with van der Waals surface area (Å²) in [6.07, 6.45) is 6.96. The number of hydrogen-bond donors (Lipinski definition) is 0. The minimum atomic E-state index is -1.10. The van der Waals surface area contributed by atoms with E-state index in [0.717, 1.165) is 11.1 Å². The second kappa shape index (κ2) is 11.3. The molecular formula is C30H40O8. The third-order valence-electron chi connectivity index (χ3n) is 5.55. The van der Waals surface area contributed by atoms with Crippen LogP contribution in [0.15, 0.2) is 55.0 Å². The van der Waals surface area contributed by atoms with Crippen molar-refractivity contribution in [2.24, 2.45) is 11.3 Å². The van der Waals surface area contributed by atoms with Crippen molar-refractivity contribution >= 4 is 17.7 Å². The maximum absolute atomic E-state index is 12.1. The highest BCUT2D eigenvalue weighted by Gasteiger charge is 2.51. The minimum Gasteiger partial charge on any atom is -0.500 e. The van der Waals surface area contributed by atoms with Crippen molar-refractivity contribution in [3.63, 3.8) is 0 Å². The number of benzene rings is 1. The molecule has 0 N–H and O–H groups in total. The molecule has 0 amide bonds. The van der Waals surface area contributed by atoms with Crippen LogP contribution < -0.4 is 0 Å². The lowest BCUT2D eigenvalue weighted by atomic mass is 9.80. The van der Waals surface area contributed by atoms with Gasteiger partial charge in [-0.3, -0.25) is 0 Å². The van der Waals surface area contributed by atoms with Gasteiger partial charge < -0.3 is 28.4 Å². The van der Waals surface area contributed by atoms with Gasteiger partial charge in [-0.15, -0.1) is 0 Å². The summed E-state index contributed by atoms with van der Waals surface area (Å²) in [4.78, 5) is 24.2. The normalized spacial score (nSPS) is 20.6. The lowest BCUT2D eigenvalue weighted by Gasteiger charge is -2.48. The molecule has 8 heteroatoms. The zero-order chi connectivity index (χ0) is 28.2. The maximum atomic E-state index is 12.1. The molecule has 1 atom stereocenters. The maximum Gasteiger partial charge on any atom is 0.334 e. The molecule has 2 aliphatic rings. The van der Waals surface area contributed by atoms with Crippen molar-refractivity contribution in [2.75, 3.05) is 19.8 Å². The number of hydrogen-bond acceptors (Lipinski definition) is 8. The quantitative estimate of drug-likeness (QED) is 0.256. The van der Waals surface area contributed by atoms with Gasteiger partial charge in [-0.1, -0.05) is 38.1 Å². The van der Waals surface area contributed by atoms with E-state index in [-0.39, 0.29) is 12.0 Å². The van der Waals surface area contributed by atoms with Crippen molar-refractivity contribution in [1.82, 2.24) is 0 Å². The molecule has 1 unspecified atom stereocenters. The van der Waals surface area contributed by atoms with E-state index in [1.165, 1.54) is 24.7 Å². The molecule has 1 saturated heterocycles. The third-order valence-corrected chi connectivity index (χ3v) is 5.55. The highest BCUT2D eigenvalue weighted by atomic mass is 16.7. The van der Waals surface area contributed by atoms with Crippen LogP contribution in [0, 0.1) is 11.3 Å². The Kier molecular flexibility index (Phi) is 8.79. The summed E-state index contributed by atoms with van der Waals surface area (Å²) in [5, 5.41) is 0. The predicted molar refractivity (Wildman–Crippen MR) is 142 cm³/mol. The summed E-state index contributed by atoms with van der Waals surface area (Å²) < 4.78 is 35.2. The van der Waals surface area contributed by atoms with Crippen molar-refractivity contribution < 1.29 is 38.0 Å². The van der Waals surface area contributed by atoms with E-state index in [0.29, 0.717) is 19.0 Å². The van der Waals surface area contributed by atoms with Crippen molar-refractivity contribution in [3.8, 4) is 0 Å². The summed E-state index contributed by atoms with van der Waals surface area (Å²) in [6.45, 7) is 16.0. The summed E-state index contributed by atoms with van der Waals surface area (Å²) >= 11 is 0. The first-order valence-corrected chi connectivity index (χ1v) is 12.8. The van der Waals surface area contributed by atoms with Gasteiger partial charge in [-0.2, -0.15) is 0 Å². The number of fused-ring (bicyclic) bond motifs is 2. The molecule has 1 heterocycles. The standard InChI is InChI=1S/C30H40O8/c1-27(2,3)37-25(31)13-15-33-18-21-17-24(34-16-14-26(32)38-28(4,5)6)22-11-9-10-12-23(22)30(21)35-19-29(7,8)20-36-30/h9-17,21H,18-20H2,1-8H3/b15-13+,16-14+. The van der Waals surface area contributed by atoms with Gasteiger partial charge in [0, 0.05) is 16.5 Å². The molecule has 1 aliphatic heterocycles. The van der Waals surface area contributed by atoms with Crippen LogP contribution >= 0.6 is 0 Å². The average Bonchev–Trinajstić information content (AvgIpc) is 2.78. The zero-order valence-electron chi connectivity index (χ0n) is 23.7. The van der Waals surface area contributed by atoms with Gasteiger partial charge in [0.2, 0.25) is 5.79 Å². The van der Waals surface area contributed by atoms with E-state index < -0.39 is 34.8 Å². The molecule has 1 aliphatic carbocycles. The Morgan fingerprint density at radius 3 is 2.05 bits per heavy atom. The molecule has 1 spiro atoms. The molecule has 3 rings (SSSR count). The van der Waals surface area contributed by atoms with E-state index >= 15 is 0 Å². The highest BCUT2D eigenvalue weighted by Crippen LogP contribution is 2.48. The number of ether oxygens (including phenoxy) is 6. The van der Waals surface area contributed by atoms with Crippen LogP contribution in [-0.4, -0.2) is 43.0 Å². The van der Waals surface area contributed by atoms with Gasteiger partial charge in [-0.25, -0.2) is 9.59 Å². The van der Waals surface area contributed by atoms with Gasteiger partial charge in [-0.05, 0) is 47.6 Å². The van der Waals surface area contributed by atoms with Gasteiger partial charge in [0.25, 0.3) is 0 Å². The predicted octanol–water partition coefficient (Wildman–Crippen LogP) is 5.63. The Hall–Kier alpha value is -3.10. The van der Waals surface area contributed by atoms with Gasteiger partial charge >= 0.3 is 11.9 Å². The van der Waals surface area contributed by atoms with Gasteiger partial charge in [0.1, 0.15) is 17.0 Å². The third kappa shape index (κ3) is 7.95. The molecule has 1 aromatic carbocycles. The first kappa shape index (κ1) is 29.5. The highest BCUT2D eigenvalue weighted by molar-refractivity contribution is 5.82. The van der Waals surface area contributed by atoms with Crippen LogP contribution in [-0.2, 0) is 43.8 Å². The van der Waals surface area contributed by atoms with Gasteiger partial charge in [0.15, 0.2) is 0 Å². The van der Waals surface area contributed by atoms with Crippen LogP contribution in [0.1, 0.15) is 66.5 Å². The van der Waals surface area contributed by atoms with Gasteiger partial charge in [0.05, 0.1) is 50.4 Å². The summed E-state index contributed by atoms with van der Waals surface area (Å²) in [6, 6.07) is 7.66. The number of esters is 2. The monoisotopic (exact) mass is 528 g/mol. The summed E-state index contributed by atoms with van der Waals surface area (Å²) in [7, 11) is 0. The fourth-order valence-corrected chi connectivity index (χ4v) is 4.00. The largest absolute Gasteiger partial charge is 0.500 e. The van der Waals surface area contributed by atoms with E-state index in [1.54, 1.807) is 41.5 Å². The summed E-state index contributed by atoms with van der Waals surface area (Å²) in [5.41, 5.74) is 0.212. The molecule has 0 aromatic heterocycles. The fraction of sp³-hybridized carbons (Fsp3) is 0.533. The molecule has 208 valence electrons. The van der Waals surface area contributed by atoms with Crippen LogP contribution in [0.25, 0.3) is 5.76 Å². The van der Waals surface area contributed by atoms with Crippen molar-refractivity contribution in [1.29, 1.82) is 0 Å². The van der Waals surface area contributed by atoms with Crippen molar-refractivity contribution in [3.05, 3.63) is 66.1 Å². The Labute approximate surface area is 225 Å². The number of carbonyl (C=O) groups excluding carboxylic acids is 2. The Bertz CT molecular complexity index is 1090. The van der Waals surface area contributed by atoms with E-state index in [4.69, 9.17) is 28.4 Å². The Morgan fingerprint density at radius 1 is 0.921 bits per heavy atom. The first-order chi connectivity index (χ1) is 17.6. The lowest BCUT2D eigenvalue weighted by molar-refractivity contribution is -0.329. The SMILES string of the molecule is CC1(C)COC2(OC1)c1ccccc1C(O/C=C/C(=O)OC(C)(C)C)=CC2CO/C=C/C(=O)OC(C)(C)C. The van der Waals surface area contributed by atoms with Crippen LogP contribution in [0.4, 0.5) is 0 Å². The van der Waals surface area contributed by atoms with Crippen molar-refractivity contribution in [2.45, 2.75) is 72.4 Å². The molecule has 0 bridgehead atoms. The first-order valence-electron chi connectivity index (χ1n) is 12.8. The van der Waals surface area contributed by atoms with E-state index in [2.05, 4.69) is 13.8 Å². The molecule has 1 aromatic rings. The molecule has 0 saturated carbocycles. The fourth-order valence-electron chi connectivity index (χ4n) is 4.00. The zero-order valence-corrected chi connectivity index (χ0v) is 23.7. The number of carbonyl (C=O) groups is 2. The molecule has 8 nitrogen and oxygen atoms in total. The van der Waals surface area contributed by atoms with Crippen LogP contribution in [0.5, 0.6) is 0 Å². The smallest absolute Gasteiger partial charge is 0.334 e.